The number of halogens is 1. The van der Waals surface area contributed by atoms with Crippen LogP contribution in [0.2, 0.25) is 5.02 Å². The van der Waals surface area contributed by atoms with Gasteiger partial charge < -0.3 is 20.5 Å². The molecule has 4 N–H and O–H groups in total. The summed E-state index contributed by atoms with van der Waals surface area (Å²) in [5.41, 5.74) is 12.5. The van der Waals surface area contributed by atoms with Gasteiger partial charge in [-0.3, -0.25) is 10.2 Å². The second kappa shape index (κ2) is 13.1. The maximum atomic E-state index is 12.8. The van der Waals surface area contributed by atoms with Crippen molar-refractivity contribution in [2.24, 2.45) is 11.0 Å². The molecule has 0 spiro atoms. The fourth-order valence-corrected chi connectivity index (χ4v) is 4.64. The summed E-state index contributed by atoms with van der Waals surface area (Å²) >= 11 is 6.25. The van der Waals surface area contributed by atoms with E-state index in [9.17, 15) is 4.79 Å². The summed E-state index contributed by atoms with van der Waals surface area (Å²) in [6.45, 7) is 7.14. The van der Waals surface area contributed by atoms with Gasteiger partial charge in [0.05, 0.1) is 30.6 Å². The number of aryl methyl sites for hydroxylation is 1. The molecule has 0 bridgehead atoms. The highest BCUT2D eigenvalue weighted by molar-refractivity contribution is 6.31. The minimum Gasteiger partial charge on any atom is -0.497 e. The van der Waals surface area contributed by atoms with E-state index in [1.54, 1.807) is 19.3 Å². The minimum absolute atomic E-state index is 0.166. The molecule has 39 heavy (non-hydrogen) atoms. The van der Waals surface area contributed by atoms with Crippen molar-refractivity contribution in [3.05, 3.63) is 95.0 Å². The van der Waals surface area contributed by atoms with Gasteiger partial charge in [0.25, 0.3) is 0 Å². The lowest BCUT2D eigenvalue weighted by molar-refractivity contribution is -0.115. The largest absolute Gasteiger partial charge is 0.497 e. The number of rotatable bonds is 10. The maximum Gasteiger partial charge on any atom is 0.228 e. The molecule has 8 nitrogen and oxygen atoms in total. The standard InChI is InChI=1S/C30H33ClN6O2/c1-4-20-14-25(39-3)12-10-23(20)18-33-37-19-21(5-2)28(17-32)36-35-27-13-11-24(16-29(27)37)34-30(38)15-22-8-6-7-9-26(22)31/h5-14,16-17,21,32-33,35H,2,4,15,18-19H2,1,3H3,(H,34,38)/b32-17?,36-28-. The van der Waals surface area contributed by atoms with Crippen molar-refractivity contribution in [1.29, 1.82) is 5.41 Å². The van der Waals surface area contributed by atoms with Gasteiger partial charge in [-0.2, -0.15) is 5.10 Å². The highest BCUT2D eigenvalue weighted by atomic mass is 35.5. The number of methoxy groups -OCH3 is 1. The number of carbonyl (C=O) groups is 1. The van der Waals surface area contributed by atoms with Crippen LogP contribution in [0.5, 0.6) is 5.75 Å². The van der Waals surface area contributed by atoms with E-state index in [0.29, 0.717) is 29.5 Å². The van der Waals surface area contributed by atoms with Gasteiger partial charge in [0.2, 0.25) is 5.91 Å². The van der Waals surface area contributed by atoms with Crippen LogP contribution in [-0.4, -0.2) is 31.5 Å². The Morgan fingerprint density at radius 3 is 2.74 bits per heavy atom. The molecule has 1 aliphatic heterocycles. The van der Waals surface area contributed by atoms with E-state index in [2.05, 4.69) is 46.9 Å². The minimum atomic E-state index is -0.198. The number of carbonyl (C=O) groups excluding carboxylic acids is 1. The van der Waals surface area contributed by atoms with Gasteiger partial charge in [0, 0.05) is 35.9 Å². The van der Waals surface area contributed by atoms with Crippen LogP contribution in [0.3, 0.4) is 0 Å². The zero-order valence-corrected chi connectivity index (χ0v) is 22.9. The predicted molar refractivity (Wildman–Crippen MR) is 160 cm³/mol. The molecular formula is C30H33ClN6O2. The van der Waals surface area contributed by atoms with Gasteiger partial charge in [0.1, 0.15) is 5.75 Å². The molecule has 1 amide bonds. The SMILES string of the molecule is C=CC1CN(NCc2ccc(OC)cc2CC)c2cc(NC(=O)Cc3ccccc3Cl)ccc2N/N=C\1C=N. The van der Waals surface area contributed by atoms with E-state index in [-0.39, 0.29) is 18.2 Å². The first kappa shape index (κ1) is 27.9. The van der Waals surface area contributed by atoms with Crippen molar-refractivity contribution >= 4 is 46.5 Å². The molecule has 4 rings (SSSR count). The predicted octanol–water partition coefficient (Wildman–Crippen LogP) is 5.84. The fraction of sp³-hybridized carbons (Fsp3) is 0.233. The Morgan fingerprint density at radius 2 is 2.03 bits per heavy atom. The maximum absolute atomic E-state index is 12.8. The quantitative estimate of drug-likeness (QED) is 0.190. The molecule has 3 aromatic carbocycles. The Kier molecular flexibility index (Phi) is 9.35. The van der Waals surface area contributed by atoms with Gasteiger partial charge in [-0.1, -0.05) is 48.9 Å². The van der Waals surface area contributed by atoms with E-state index in [0.717, 1.165) is 34.7 Å². The average molecular weight is 545 g/mol. The molecule has 9 heteroatoms. The van der Waals surface area contributed by atoms with Gasteiger partial charge in [-0.15, -0.1) is 6.58 Å². The van der Waals surface area contributed by atoms with Crippen LogP contribution < -0.4 is 25.9 Å². The van der Waals surface area contributed by atoms with Crippen molar-refractivity contribution in [3.8, 4) is 5.75 Å². The third-order valence-corrected chi connectivity index (χ3v) is 7.00. The number of nitrogens with zero attached hydrogens (tertiary/aromatic N) is 2. The Bertz CT molecular complexity index is 1390. The van der Waals surface area contributed by atoms with Gasteiger partial charge in [-0.05, 0) is 59.5 Å². The zero-order chi connectivity index (χ0) is 27.8. The number of amides is 1. The number of anilines is 3. The van der Waals surface area contributed by atoms with Crippen LogP contribution in [0.1, 0.15) is 23.6 Å². The molecule has 0 aliphatic carbocycles. The number of hydrazine groups is 1. The second-order valence-corrected chi connectivity index (χ2v) is 9.52. The van der Waals surface area contributed by atoms with Crippen molar-refractivity contribution in [1.82, 2.24) is 5.43 Å². The zero-order valence-electron chi connectivity index (χ0n) is 22.1. The number of hydrogen-bond acceptors (Lipinski definition) is 7. The Labute approximate surface area is 234 Å². The topological polar surface area (TPSA) is 102 Å². The van der Waals surface area contributed by atoms with Gasteiger partial charge in [0.15, 0.2) is 0 Å². The first-order chi connectivity index (χ1) is 18.9. The lowest BCUT2D eigenvalue weighted by Crippen LogP contribution is -2.44. The Hall–Kier alpha value is -4.14. The molecule has 1 aliphatic rings. The van der Waals surface area contributed by atoms with Crippen LogP contribution in [0.15, 0.2) is 78.4 Å². The lowest BCUT2D eigenvalue weighted by atomic mass is 10.0. The number of ether oxygens (including phenoxy) is 1. The summed E-state index contributed by atoms with van der Waals surface area (Å²) in [5.74, 6) is 0.461. The van der Waals surface area contributed by atoms with Gasteiger partial charge >= 0.3 is 0 Å². The van der Waals surface area contributed by atoms with Crippen molar-refractivity contribution < 1.29 is 9.53 Å². The van der Waals surface area contributed by atoms with E-state index >= 15 is 0 Å². The average Bonchev–Trinajstić information content (AvgIpc) is 2.95. The fourth-order valence-electron chi connectivity index (χ4n) is 4.44. The second-order valence-electron chi connectivity index (χ2n) is 9.12. The van der Waals surface area contributed by atoms with Crippen LogP contribution in [0.25, 0.3) is 0 Å². The van der Waals surface area contributed by atoms with E-state index in [1.165, 1.54) is 11.8 Å². The summed E-state index contributed by atoms with van der Waals surface area (Å²) in [5, 5.41) is 17.8. The summed E-state index contributed by atoms with van der Waals surface area (Å²) < 4.78 is 5.40. The third-order valence-electron chi connectivity index (χ3n) is 6.63. The van der Waals surface area contributed by atoms with Crippen molar-refractivity contribution in [3.63, 3.8) is 0 Å². The van der Waals surface area contributed by atoms with Crippen LogP contribution in [0, 0.1) is 11.3 Å². The molecule has 3 aromatic rings. The number of nitrogens with one attached hydrogen (secondary N) is 4. The van der Waals surface area contributed by atoms with Gasteiger partial charge in [-0.25, -0.2) is 5.43 Å². The highest BCUT2D eigenvalue weighted by Crippen LogP contribution is 2.32. The molecular weight excluding hydrogens is 512 g/mol. The normalized spacial score (nSPS) is 16.0. The summed E-state index contributed by atoms with van der Waals surface area (Å²) in [6, 6.07) is 19.0. The third kappa shape index (κ3) is 6.85. The number of benzene rings is 3. The molecule has 1 heterocycles. The van der Waals surface area contributed by atoms with Crippen LogP contribution >= 0.6 is 11.6 Å². The summed E-state index contributed by atoms with van der Waals surface area (Å²) in [6.07, 6.45) is 4.06. The molecule has 0 saturated heterocycles. The molecule has 202 valence electrons. The summed E-state index contributed by atoms with van der Waals surface area (Å²) in [7, 11) is 1.67. The Balaban J connectivity index is 1.62. The smallest absolute Gasteiger partial charge is 0.228 e. The van der Waals surface area contributed by atoms with Crippen LogP contribution in [0.4, 0.5) is 17.1 Å². The van der Waals surface area contributed by atoms with Crippen LogP contribution in [-0.2, 0) is 24.2 Å². The van der Waals surface area contributed by atoms with E-state index in [4.69, 9.17) is 21.7 Å². The van der Waals surface area contributed by atoms with E-state index < -0.39 is 0 Å². The molecule has 1 unspecified atom stereocenters. The molecule has 0 aromatic heterocycles. The monoisotopic (exact) mass is 544 g/mol. The van der Waals surface area contributed by atoms with Crippen molar-refractivity contribution in [2.75, 3.05) is 29.4 Å². The molecule has 1 atom stereocenters. The highest BCUT2D eigenvalue weighted by Gasteiger charge is 2.22. The lowest BCUT2D eigenvalue weighted by Gasteiger charge is -2.32. The number of hydrazone groups is 1. The molecule has 0 saturated carbocycles. The van der Waals surface area contributed by atoms with Crippen molar-refractivity contribution in [2.45, 2.75) is 26.3 Å². The molecule has 0 radical (unpaired) electrons. The first-order valence-electron chi connectivity index (χ1n) is 12.8. The first-order valence-corrected chi connectivity index (χ1v) is 13.1. The Morgan fingerprint density at radius 1 is 1.21 bits per heavy atom. The van der Waals surface area contributed by atoms with E-state index in [1.807, 2.05) is 47.5 Å². The number of fused-ring (bicyclic) bond motifs is 1. The summed E-state index contributed by atoms with van der Waals surface area (Å²) in [4.78, 5) is 12.8. The number of hydrogen-bond donors (Lipinski definition) is 4. The molecule has 0 fully saturated rings.